The molecule has 0 aliphatic rings. The van der Waals surface area contributed by atoms with E-state index in [0.29, 0.717) is 5.57 Å². The van der Waals surface area contributed by atoms with Crippen LogP contribution in [0.1, 0.15) is 17.4 Å². The van der Waals surface area contributed by atoms with Crippen LogP contribution in [0.4, 0.5) is 0 Å². The maximum atomic E-state index is 11.4. The standard InChI is InChI=1S/C10H10ClNO3/c1-7(5-11)6-12-8(10(14)15)3-2-4-9(12)13/h2-5H,6H2,1H3,(H,14,15)/b7-5-. The first-order valence-corrected chi connectivity index (χ1v) is 4.69. The number of pyridine rings is 1. The first-order chi connectivity index (χ1) is 7.06. The predicted octanol–water partition coefficient (Wildman–Crippen LogP) is 1.69. The van der Waals surface area contributed by atoms with Crippen LogP contribution >= 0.6 is 11.6 Å². The fourth-order valence-corrected chi connectivity index (χ4v) is 1.22. The summed E-state index contributed by atoms with van der Waals surface area (Å²) in [5.74, 6) is -1.13. The molecule has 5 heteroatoms. The molecular weight excluding hydrogens is 218 g/mol. The van der Waals surface area contributed by atoms with Crippen LogP contribution in [-0.2, 0) is 6.54 Å². The van der Waals surface area contributed by atoms with E-state index in [1.165, 1.54) is 23.7 Å². The van der Waals surface area contributed by atoms with Gasteiger partial charge in [0.2, 0.25) is 0 Å². The van der Waals surface area contributed by atoms with Crippen LogP contribution in [0.15, 0.2) is 34.1 Å². The van der Waals surface area contributed by atoms with E-state index in [9.17, 15) is 9.59 Å². The van der Waals surface area contributed by atoms with Crippen molar-refractivity contribution in [3.05, 3.63) is 45.4 Å². The minimum Gasteiger partial charge on any atom is -0.477 e. The average Bonchev–Trinajstić information content (AvgIpc) is 2.20. The van der Waals surface area contributed by atoms with Crippen LogP contribution in [0.5, 0.6) is 0 Å². The topological polar surface area (TPSA) is 59.3 Å². The maximum absolute atomic E-state index is 11.4. The number of carbonyl (C=O) groups is 1. The number of carboxylic acid groups (broad SMARTS) is 1. The number of hydrogen-bond donors (Lipinski definition) is 1. The van der Waals surface area contributed by atoms with Gasteiger partial charge in [0, 0.05) is 18.1 Å². The molecule has 0 aliphatic heterocycles. The van der Waals surface area contributed by atoms with E-state index in [0.717, 1.165) is 4.57 Å². The molecule has 0 aromatic carbocycles. The zero-order valence-electron chi connectivity index (χ0n) is 8.11. The van der Waals surface area contributed by atoms with Crippen molar-refractivity contribution in [3.8, 4) is 0 Å². The van der Waals surface area contributed by atoms with E-state index in [-0.39, 0.29) is 17.8 Å². The Bertz CT molecular complexity index is 462. The third kappa shape index (κ3) is 2.70. The van der Waals surface area contributed by atoms with Gasteiger partial charge in [0.25, 0.3) is 5.56 Å². The molecule has 4 nitrogen and oxygen atoms in total. The summed E-state index contributed by atoms with van der Waals surface area (Å²) in [5, 5.41) is 8.86. The Hall–Kier alpha value is -1.55. The van der Waals surface area contributed by atoms with Gasteiger partial charge in [0.1, 0.15) is 5.69 Å². The van der Waals surface area contributed by atoms with Gasteiger partial charge in [-0.3, -0.25) is 9.36 Å². The number of nitrogens with zero attached hydrogens (tertiary/aromatic N) is 1. The lowest BCUT2D eigenvalue weighted by Gasteiger charge is -2.08. The van der Waals surface area contributed by atoms with Crippen molar-refractivity contribution in [2.45, 2.75) is 13.5 Å². The van der Waals surface area contributed by atoms with Crippen LogP contribution in [0.2, 0.25) is 0 Å². The van der Waals surface area contributed by atoms with Gasteiger partial charge in [0.15, 0.2) is 0 Å². The summed E-state index contributed by atoms with van der Waals surface area (Å²) in [6.45, 7) is 1.91. The molecular formula is C10H10ClNO3. The Morgan fingerprint density at radius 2 is 2.27 bits per heavy atom. The number of hydrogen-bond acceptors (Lipinski definition) is 2. The molecule has 1 N–H and O–H groups in total. The second kappa shape index (κ2) is 4.79. The average molecular weight is 228 g/mol. The lowest BCUT2D eigenvalue weighted by atomic mass is 10.3. The second-order valence-corrected chi connectivity index (χ2v) is 3.31. The maximum Gasteiger partial charge on any atom is 0.352 e. The molecule has 0 saturated carbocycles. The molecule has 0 saturated heterocycles. The largest absolute Gasteiger partial charge is 0.477 e. The number of aromatic nitrogens is 1. The third-order valence-corrected chi connectivity index (χ3v) is 2.24. The van der Waals surface area contributed by atoms with Gasteiger partial charge in [-0.15, -0.1) is 0 Å². The third-order valence-electron chi connectivity index (χ3n) is 1.86. The Morgan fingerprint density at radius 1 is 1.60 bits per heavy atom. The zero-order valence-corrected chi connectivity index (χ0v) is 8.86. The molecule has 1 rings (SSSR count). The lowest BCUT2D eigenvalue weighted by Crippen LogP contribution is -2.25. The minimum atomic E-state index is -1.13. The SMILES string of the molecule is C/C(=C/Cl)Cn1c(C(=O)O)cccc1=O. The highest BCUT2D eigenvalue weighted by Crippen LogP contribution is 2.03. The van der Waals surface area contributed by atoms with Crippen molar-refractivity contribution in [3.63, 3.8) is 0 Å². The van der Waals surface area contributed by atoms with E-state index in [4.69, 9.17) is 16.7 Å². The molecule has 1 aromatic heterocycles. The highest BCUT2D eigenvalue weighted by molar-refractivity contribution is 6.25. The van der Waals surface area contributed by atoms with Crippen molar-refractivity contribution in [1.29, 1.82) is 0 Å². The minimum absolute atomic E-state index is 0.0413. The van der Waals surface area contributed by atoms with Crippen LogP contribution < -0.4 is 5.56 Å². The smallest absolute Gasteiger partial charge is 0.352 e. The number of allylic oxidation sites excluding steroid dienone is 1. The van der Waals surface area contributed by atoms with Crippen molar-refractivity contribution < 1.29 is 9.90 Å². The predicted molar refractivity (Wildman–Crippen MR) is 57.3 cm³/mol. The van der Waals surface area contributed by atoms with Gasteiger partial charge < -0.3 is 5.11 Å². The summed E-state index contributed by atoms with van der Waals surface area (Å²) >= 11 is 5.46. The molecule has 0 aliphatic carbocycles. The van der Waals surface area contributed by atoms with Crippen LogP contribution in [0.3, 0.4) is 0 Å². The lowest BCUT2D eigenvalue weighted by molar-refractivity contribution is 0.0684. The van der Waals surface area contributed by atoms with Gasteiger partial charge in [-0.1, -0.05) is 17.7 Å². The molecule has 15 heavy (non-hydrogen) atoms. The van der Waals surface area contributed by atoms with Crippen LogP contribution in [-0.4, -0.2) is 15.6 Å². The molecule has 0 fully saturated rings. The Kier molecular flexibility index (Phi) is 3.68. The summed E-state index contributed by atoms with van der Waals surface area (Å²) < 4.78 is 1.16. The molecule has 80 valence electrons. The molecule has 0 atom stereocenters. The van der Waals surface area contributed by atoms with Gasteiger partial charge in [0.05, 0.1) is 0 Å². The summed E-state index contributed by atoms with van der Waals surface area (Å²) in [4.78, 5) is 22.3. The zero-order chi connectivity index (χ0) is 11.4. The van der Waals surface area contributed by atoms with Crippen molar-refractivity contribution in [2.75, 3.05) is 0 Å². The van der Waals surface area contributed by atoms with Gasteiger partial charge in [-0.25, -0.2) is 4.79 Å². The molecule has 0 bridgehead atoms. The molecule has 1 aromatic rings. The van der Waals surface area contributed by atoms with Gasteiger partial charge in [-0.2, -0.15) is 0 Å². The van der Waals surface area contributed by atoms with Crippen molar-refractivity contribution >= 4 is 17.6 Å². The van der Waals surface area contributed by atoms with Crippen LogP contribution in [0.25, 0.3) is 0 Å². The fourth-order valence-electron chi connectivity index (χ4n) is 1.15. The summed E-state index contributed by atoms with van der Waals surface area (Å²) in [6, 6.07) is 4.11. The first-order valence-electron chi connectivity index (χ1n) is 4.25. The number of carboxylic acids is 1. The van der Waals surface area contributed by atoms with Crippen molar-refractivity contribution in [2.24, 2.45) is 0 Å². The normalized spacial score (nSPS) is 11.5. The first kappa shape index (κ1) is 11.5. The highest BCUT2D eigenvalue weighted by Gasteiger charge is 2.10. The molecule has 0 radical (unpaired) electrons. The highest BCUT2D eigenvalue weighted by atomic mass is 35.5. The van der Waals surface area contributed by atoms with Crippen LogP contribution in [0, 0.1) is 0 Å². The molecule has 0 unspecified atom stereocenters. The number of aromatic carboxylic acids is 1. The monoisotopic (exact) mass is 227 g/mol. The molecule has 0 spiro atoms. The Labute approximate surface area is 91.4 Å². The van der Waals surface area contributed by atoms with Gasteiger partial charge in [-0.05, 0) is 18.6 Å². The Morgan fingerprint density at radius 3 is 2.80 bits per heavy atom. The van der Waals surface area contributed by atoms with Gasteiger partial charge >= 0.3 is 5.97 Å². The van der Waals surface area contributed by atoms with E-state index in [1.807, 2.05) is 0 Å². The van der Waals surface area contributed by atoms with E-state index < -0.39 is 5.97 Å². The quantitative estimate of drug-likeness (QED) is 0.855. The summed E-state index contributed by atoms with van der Waals surface area (Å²) in [7, 11) is 0. The van der Waals surface area contributed by atoms with E-state index in [1.54, 1.807) is 6.92 Å². The van der Waals surface area contributed by atoms with Crippen molar-refractivity contribution in [1.82, 2.24) is 4.57 Å². The fraction of sp³-hybridized carbons (Fsp3) is 0.200. The molecule has 0 amide bonds. The number of rotatable bonds is 3. The summed E-state index contributed by atoms with van der Waals surface area (Å²) in [5.41, 5.74) is 1.64. The second-order valence-electron chi connectivity index (χ2n) is 3.10. The molecule has 1 heterocycles. The summed E-state index contributed by atoms with van der Waals surface area (Å²) in [6.07, 6.45) is 0. The number of halogens is 1. The van der Waals surface area contributed by atoms with E-state index in [2.05, 4.69) is 0 Å². The Balaban J connectivity index is 3.25. The van der Waals surface area contributed by atoms with E-state index >= 15 is 0 Å².